The van der Waals surface area contributed by atoms with Crippen molar-refractivity contribution < 1.29 is 4.79 Å². The Bertz CT molecular complexity index is 278. The monoisotopic (exact) mass is 266 g/mol. The molecule has 0 aromatic heterocycles. The quantitative estimate of drug-likeness (QED) is 0.831. The standard InChI is InChI=1S/C16H30N2O/c1-2-18(15-5-3-4-6-15)16(19)11-13-7-9-14(12-17)10-8-13/h13-15H,2-12,17H2,1H3. The van der Waals surface area contributed by atoms with Gasteiger partial charge in [0.2, 0.25) is 5.91 Å². The summed E-state index contributed by atoms with van der Waals surface area (Å²) in [5.74, 6) is 1.74. The van der Waals surface area contributed by atoms with Gasteiger partial charge in [0, 0.05) is 19.0 Å². The Morgan fingerprint density at radius 3 is 2.16 bits per heavy atom. The van der Waals surface area contributed by atoms with Crippen LogP contribution in [0, 0.1) is 11.8 Å². The average Bonchev–Trinajstić information content (AvgIpc) is 2.94. The highest BCUT2D eigenvalue weighted by Gasteiger charge is 2.28. The molecular formula is C16H30N2O. The minimum Gasteiger partial charge on any atom is -0.340 e. The fourth-order valence-electron chi connectivity index (χ4n) is 3.89. The van der Waals surface area contributed by atoms with E-state index in [1.807, 2.05) is 0 Å². The van der Waals surface area contributed by atoms with E-state index >= 15 is 0 Å². The zero-order valence-electron chi connectivity index (χ0n) is 12.4. The Morgan fingerprint density at radius 1 is 1.05 bits per heavy atom. The van der Waals surface area contributed by atoms with Crippen molar-refractivity contribution in [3.05, 3.63) is 0 Å². The van der Waals surface area contributed by atoms with Gasteiger partial charge in [-0.2, -0.15) is 0 Å². The Hall–Kier alpha value is -0.570. The Kier molecular flexibility index (Phi) is 5.68. The minimum atomic E-state index is 0.408. The molecule has 0 saturated heterocycles. The molecule has 2 rings (SSSR count). The first kappa shape index (κ1) is 14.8. The number of hydrogen-bond donors (Lipinski definition) is 1. The topological polar surface area (TPSA) is 46.3 Å². The lowest BCUT2D eigenvalue weighted by atomic mass is 9.80. The summed E-state index contributed by atoms with van der Waals surface area (Å²) in [6.07, 6.45) is 10.7. The molecule has 0 radical (unpaired) electrons. The summed E-state index contributed by atoms with van der Waals surface area (Å²) in [6.45, 7) is 3.84. The first-order valence-electron chi connectivity index (χ1n) is 8.24. The first-order chi connectivity index (χ1) is 9.24. The predicted octanol–water partition coefficient (Wildman–Crippen LogP) is 2.93. The molecule has 2 aliphatic rings. The van der Waals surface area contributed by atoms with Crippen molar-refractivity contribution in [2.45, 2.75) is 70.8 Å². The van der Waals surface area contributed by atoms with Crippen LogP contribution in [-0.4, -0.2) is 29.9 Å². The summed E-state index contributed by atoms with van der Waals surface area (Å²) in [6, 6.07) is 0.540. The maximum Gasteiger partial charge on any atom is 0.223 e. The molecule has 0 bridgehead atoms. The van der Waals surface area contributed by atoms with E-state index in [1.54, 1.807) is 0 Å². The minimum absolute atomic E-state index is 0.408. The van der Waals surface area contributed by atoms with Gasteiger partial charge in [-0.3, -0.25) is 4.79 Å². The molecule has 0 unspecified atom stereocenters. The van der Waals surface area contributed by atoms with E-state index in [0.717, 1.165) is 19.5 Å². The van der Waals surface area contributed by atoms with Crippen LogP contribution in [0.15, 0.2) is 0 Å². The highest BCUT2D eigenvalue weighted by atomic mass is 16.2. The van der Waals surface area contributed by atoms with E-state index in [9.17, 15) is 4.79 Å². The van der Waals surface area contributed by atoms with E-state index in [-0.39, 0.29) is 0 Å². The van der Waals surface area contributed by atoms with Crippen LogP contribution in [0.1, 0.15) is 64.7 Å². The maximum atomic E-state index is 12.5. The van der Waals surface area contributed by atoms with Crippen LogP contribution in [0.3, 0.4) is 0 Å². The number of rotatable bonds is 5. The summed E-state index contributed by atoms with van der Waals surface area (Å²) < 4.78 is 0. The predicted molar refractivity (Wildman–Crippen MR) is 78.8 cm³/mol. The molecule has 0 spiro atoms. The lowest BCUT2D eigenvalue weighted by molar-refractivity contribution is -0.134. The van der Waals surface area contributed by atoms with Gasteiger partial charge in [-0.1, -0.05) is 12.8 Å². The van der Waals surface area contributed by atoms with Crippen LogP contribution in [0.25, 0.3) is 0 Å². The fraction of sp³-hybridized carbons (Fsp3) is 0.938. The van der Waals surface area contributed by atoms with Gasteiger partial charge < -0.3 is 10.6 Å². The van der Waals surface area contributed by atoms with Crippen LogP contribution >= 0.6 is 0 Å². The summed E-state index contributed by atoms with van der Waals surface area (Å²) in [5.41, 5.74) is 5.73. The molecule has 2 saturated carbocycles. The normalized spacial score (nSPS) is 28.5. The molecule has 0 aliphatic heterocycles. The van der Waals surface area contributed by atoms with Crippen molar-refractivity contribution in [3.8, 4) is 0 Å². The lowest BCUT2D eigenvalue weighted by Crippen LogP contribution is -2.39. The maximum absolute atomic E-state index is 12.5. The third kappa shape index (κ3) is 3.95. The van der Waals surface area contributed by atoms with Crippen molar-refractivity contribution >= 4 is 5.91 Å². The second-order valence-corrected chi connectivity index (χ2v) is 6.44. The lowest BCUT2D eigenvalue weighted by Gasteiger charge is -2.32. The van der Waals surface area contributed by atoms with Gasteiger partial charge in [0.05, 0.1) is 0 Å². The third-order valence-corrected chi connectivity index (χ3v) is 5.19. The summed E-state index contributed by atoms with van der Waals surface area (Å²) in [4.78, 5) is 14.6. The van der Waals surface area contributed by atoms with E-state index in [0.29, 0.717) is 23.8 Å². The van der Waals surface area contributed by atoms with Gasteiger partial charge in [0.15, 0.2) is 0 Å². The largest absolute Gasteiger partial charge is 0.340 e. The molecule has 0 aromatic carbocycles. The number of hydrogen-bond acceptors (Lipinski definition) is 2. The molecular weight excluding hydrogens is 236 g/mol. The smallest absolute Gasteiger partial charge is 0.223 e. The van der Waals surface area contributed by atoms with Crippen LogP contribution in [0.5, 0.6) is 0 Å². The molecule has 3 nitrogen and oxygen atoms in total. The van der Waals surface area contributed by atoms with Crippen molar-refractivity contribution in [1.82, 2.24) is 4.90 Å². The number of nitrogens with two attached hydrogens (primary N) is 1. The van der Waals surface area contributed by atoms with Crippen LogP contribution in [0.2, 0.25) is 0 Å². The molecule has 19 heavy (non-hydrogen) atoms. The average molecular weight is 266 g/mol. The summed E-state index contributed by atoms with van der Waals surface area (Å²) in [7, 11) is 0. The zero-order valence-corrected chi connectivity index (χ0v) is 12.4. The Balaban J connectivity index is 1.79. The van der Waals surface area contributed by atoms with Crippen LogP contribution < -0.4 is 5.73 Å². The second kappa shape index (κ2) is 7.28. The molecule has 0 heterocycles. The van der Waals surface area contributed by atoms with Crippen molar-refractivity contribution in [2.75, 3.05) is 13.1 Å². The summed E-state index contributed by atoms with van der Waals surface area (Å²) >= 11 is 0. The van der Waals surface area contributed by atoms with Gasteiger partial charge in [0.25, 0.3) is 0 Å². The van der Waals surface area contributed by atoms with E-state index < -0.39 is 0 Å². The van der Waals surface area contributed by atoms with Gasteiger partial charge in [-0.15, -0.1) is 0 Å². The van der Waals surface area contributed by atoms with E-state index in [4.69, 9.17) is 5.73 Å². The number of nitrogens with zero attached hydrogens (tertiary/aromatic N) is 1. The van der Waals surface area contributed by atoms with E-state index in [1.165, 1.54) is 51.4 Å². The molecule has 3 heteroatoms. The van der Waals surface area contributed by atoms with Crippen LogP contribution in [0.4, 0.5) is 0 Å². The fourth-order valence-corrected chi connectivity index (χ4v) is 3.89. The van der Waals surface area contributed by atoms with Crippen LogP contribution in [-0.2, 0) is 4.79 Å². The van der Waals surface area contributed by atoms with Gasteiger partial charge in [0.1, 0.15) is 0 Å². The van der Waals surface area contributed by atoms with Crippen molar-refractivity contribution in [1.29, 1.82) is 0 Å². The van der Waals surface area contributed by atoms with Gasteiger partial charge in [-0.25, -0.2) is 0 Å². The number of carbonyl (C=O) groups is 1. The molecule has 2 fully saturated rings. The molecule has 1 amide bonds. The molecule has 2 aliphatic carbocycles. The molecule has 2 N–H and O–H groups in total. The highest BCUT2D eigenvalue weighted by Crippen LogP contribution is 2.31. The number of carbonyl (C=O) groups excluding carboxylic acids is 1. The first-order valence-corrected chi connectivity index (χ1v) is 8.24. The molecule has 0 atom stereocenters. The Morgan fingerprint density at radius 2 is 1.63 bits per heavy atom. The SMILES string of the molecule is CCN(C(=O)CC1CCC(CN)CC1)C1CCCC1. The van der Waals surface area contributed by atoms with Gasteiger partial charge >= 0.3 is 0 Å². The van der Waals surface area contributed by atoms with Crippen molar-refractivity contribution in [2.24, 2.45) is 17.6 Å². The Labute approximate surface area is 117 Å². The molecule has 110 valence electrons. The summed E-state index contributed by atoms with van der Waals surface area (Å²) in [5, 5.41) is 0. The van der Waals surface area contributed by atoms with E-state index in [2.05, 4.69) is 11.8 Å². The number of amides is 1. The van der Waals surface area contributed by atoms with Gasteiger partial charge in [-0.05, 0) is 63.8 Å². The van der Waals surface area contributed by atoms with Crippen molar-refractivity contribution in [3.63, 3.8) is 0 Å². The second-order valence-electron chi connectivity index (χ2n) is 6.44. The zero-order chi connectivity index (χ0) is 13.7. The highest BCUT2D eigenvalue weighted by molar-refractivity contribution is 5.76. The third-order valence-electron chi connectivity index (χ3n) is 5.19. The molecule has 0 aromatic rings.